The number of aromatic nitrogens is 2. The molecule has 0 unspecified atom stereocenters. The predicted octanol–water partition coefficient (Wildman–Crippen LogP) is 7.56. The van der Waals surface area contributed by atoms with Crippen LogP contribution in [0.15, 0.2) is 49.8 Å². The first-order valence-electron chi connectivity index (χ1n) is 10.5. The molecule has 0 fully saturated rings. The highest BCUT2D eigenvalue weighted by atomic mass is 79.9. The maximum Gasteiger partial charge on any atom is 0.514 e. The van der Waals surface area contributed by atoms with Gasteiger partial charge in [0.2, 0.25) is 0 Å². The number of nitrogens with zero attached hydrogens (tertiary/aromatic N) is 2. The third kappa shape index (κ3) is 7.79. The molecule has 0 aliphatic rings. The van der Waals surface area contributed by atoms with E-state index in [1.807, 2.05) is 0 Å². The largest absolute Gasteiger partial charge is 0.514 e. The molecular formula is C24H24Br2N2O7. The van der Waals surface area contributed by atoms with Crippen molar-refractivity contribution in [3.05, 3.63) is 45.3 Å². The third-order valence-corrected chi connectivity index (χ3v) is 4.92. The van der Waals surface area contributed by atoms with Gasteiger partial charge in [-0.25, -0.2) is 9.59 Å². The van der Waals surface area contributed by atoms with Gasteiger partial charge in [-0.15, -0.1) is 10.2 Å². The first-order chi connectivity index (χ1) is 16.2. The number of carbonyl (C=O) groups excluding carboxylic acids is 2. The Bertz CT molecular complexity index is 1150. The summed E-state index contributed by atoms with van der Waals surface area (Å²) in [4.78, 5) is 24.4. The molecule has 1 aromatic heterocycles. The fourth-order valence-electron chi connectivity index (χ4n) is 2.68. The van der Waals surface area contributed by atoms with Gasteiger partial charge in [0.1, 0.15) is 22.7 Å². The van der Waals surface area contributed by atoms with Crippen molar-refractivity contribution in [2.24, 2.45) is 0 Å². The summed E-state index contributed by atoms with van der Waals surface area (Å²) in [5.74, 6) is 0.473. The van der Waals surface area contributed by atoms with Crippen LogP contribution in [0.1, 0.15) is 41.5 Å². The second-order valence-corrected chi connectivity index (χ2v) is 11.2. The second-order valence-electron chi connectivity index (χ2n) is 9.33. The molecule has 3 rings (SSSR count). The molecule has 0 aliphatic carbocycles. The summed E-state index contributed by atoms with van der Waals surface area (Å²) in [5.41, 5.74) is -0.743. The topological polar surface area (TPSA) is 110 Å². The van der Waals surface area contributed by atoms with Crippen molar-refractivity contribution in [3.8, 4) is 34.4 Å². The summed E-state index contributed by atoms with van der Waals surface area (Å²) in [6.45, 7) is 10.4. The predicted molar refractivity (Wildman–Crippen MR) is 134 cm³/mol. The Labute approximate surface area is 219 Å². The molecule has 186 valence electrons. The van der Waals surface area contributed by atoms with Crippen LogP contribution in [0.3, 0.4) is 0 Å². The molecule has 35 heavy (non-hydrogen) atoms. The fraction of sp³-hybridized carbons (Fsp3) is 0.333. The van der Waals surface area contributed by atoms with E-state index in [-0.39, 0.29) is 23.3 Å². The molecule has 0 saturated carbocycles. The van der Waals surface area contributed by atoms with Crippen molar-refractivity contribution >= 4 is 44.2 Å². The molecule has 2 aromatic carbocycles. The van der Waals surface area contributed by atoms with Crippen molar-refractivity contribution in [3.63, 3.8) is 0 Å². The van der Waals surface area contributed by atoms with Crippen LogP contribution in [0.5, 0.6) is 11.5 Å². The normalized spacial score (nSPS) is 11.7. The van der Waals surface area contributed by atoms with Crippen LogP contribution in [0.25, 0.3) is 22.9 Å². The lowest BCUT2D eigenvalue weighted by Gasteiger charge is -2.19. The number of benzene rings is 2. The lowest BCUT2D eigenvalue weighted by molar-refractivity contribution is 0.0194. The molecule has 0 N–H and O–H groups in total. The zero-order chi connectivity index (χ0) is 26.0. The Morgan fingerprint density at radius 2 is 1.09 bits per heavy atom. The van der Waals surface area contributed by atoms with Gasteiger partial charge in [-0.1, -0.05) is 31.9 Å². The minimum Gasteiger partial charge on any atom is -0.428 e. The third-order valence-electron chi connectivity index (χ3n) is 3.93. The molecule has 0 atom stereocenters. The van der Waals surface area contributed by atoms with Crippen LogP contribution < -0.4 is 9.47 Å². The molecule has 9 nitrogen and oxygen atoms in total. The smallest absolute Gasteiger partial charge is 0.428 e. The van der Waals surface area contributed by atoms with Gasteiger partial charge in [-0.05, 0) is 77.9 Å². The van der Waals surface area contributed by atoms with Crippen LogP contribution in [0.2, 0.25) is 0 Å². The standard InChI is InChI=1S/C24H24Br2N2O7/c1-23(2,3)34-21(29)31-17-9-7-13(25)11-15(17)19-27-28-20(33-19)16-12-14(26)8-10-18(16)32-22(30)35-24(4,5)6/h7-12H,1-6H3. The van der Waals surface area contributed by atoms with Crippen molar-refractivity contribution < 1.29 is 33.0 Å². The maximum atomic E-state index is 12.2. The lowest BCUT2D eigenvalue weighted by Crippen LogP contribution is -2.26. The van der Waals surface area contributed by atoms with E-state index < -0.39 is 23.5 Å². The monoisotopic (exact) mass is 610 g/mol. The number of halogens is 2. The van der Waals surface area contributed by atoms with E-state index in [0.29, 0.717) is 20.1 Å². The van der Waals surface area contributed by atoms with E-state index in [1.54, 1.807) is 77.9 Å². The molecule has 0 radical (unpaired) electrons. The average molecular weight is 612 g/mol. The van der Waals surface area contributed by atoms with Gasteiger partial charge in [0, 0.05) is 8.95 Å². The number of carbonyl (C=O) groups is 2. The van der Waals surface area contributed by atoms with Gasteiger partial charge in [0.05, 0.1) is 11.1 Å². The molecule has 3 aromatic rings. The first-order valence-corrected chi connectivity index (χ1v) is 12.0. The number of hydrogen-bond donors (Lipinski definition) is 0. The average Bonchev–Trinajstić information content (AvgIpc) is 3.17. The molecule has 0 saturated heterocycles. The zero-order valence-electron chi connectivity index (χ0n) is 20.0. The lowest BCUT2D eigenvalue weighted by atomic mass is 10.2. The highest BCUT2D eigenvalue weighted by Crippen LogP contribution is 2.37. The van der Waals surface area contributed by atoms with E-state index in [2.05, 4.69) is 42.1 Å². The summed E-state index contributed by atoms with van der Waals surface area (Å²) in [6, 6.07) is 9.86. The highest BCUT2D eigenvalue weighted by Gasteiger charge is 2.24. The highest BCUT2D eigenvalue weighted by molar-refractivity contribution is 9.10. The van der Waals surface area contributed by atoms with E-state index in [0.717, 1.165) is 0 Å². The number of hydrogen-bond acceptors (Lipinski definition) is 9. The summed E-state index contributed by atoms with van der Waals surface area (Å²) in [5, 5.41) is 8.20. The van der Waals surface area contributed by atoms with Crippen molar-refractivity contribution in [1.29, 1.82) is 0 Å². The summed E-state index contributed by atoms with van der Waals surface area (Å²) >= 11 is 6.79. The van der Waals surface area contributed by atoms with Crippen molar-refractivity contribution in [2.75, 3.05) is 0 Å². The van der Waals surface area contributed by atoms with Crippen LogP contribution in [-0.2, 0) is 9.47 Å². The van der Waals surface area contributed by atoms with E-state index in [1.165, 1.54) is 0 Å². The zero-order valence-corrected chi connectivity index (χ0v) is 23.1. The number of rotatable bonds is 4. The van der Waals surface area contributed by atoms with Gasteiger partial charge in [0.15, 0.2) is 0 Å². The van der Waals surface area contributed by atoms with E-state index >= 15 is 0 Å². The minimum atomic E-state index is -0.874. The van der Waals surface area contributed by atoms with Crippen molar-refractivity contribution in [1.82, 2.24) is 10.2 Å². The van der Waals surface area contributed by atoms with E-state index in [9.17, 15) is 9.59 Å². The Kier molecular flexibility index (Phi) is 7.90. The van der Waals surface area contributed by atoms with Crippen LogP contribution in [0.4, 0.5) is 9.59 Å². The van der Waals surface area contributed by atoms with Crippen LogP contribution in [0, 0.1) is 0 Å². The first kappa shape index (κ1) is 26.7. The Morgan fingerprint density at radius 3 is 1.43 bits per heavy atom. The molecule has 0 bridgehead atoms. The molecular weight excluding hydrogens is 588 g/mol. The van der Waals surface area contributed by atoms with Crippen LogP contribution >= 0.6 is 31.9 Å². The minimum absolute atomic E-state index is 0.0723. The van der Waals surface area contributed by atoms with Gasteiger partial charge in [-0.3, -0.25) is 0 Å². The van der Waals surface area contributed by atoms with E-state index in [4.69, 9.17) is 23.4 Å². The Hall–Kier alpha value is -2.92. The number of ether oxygens (including phenoxy) is 4. The second kappa shape index (κ2) is 10.4. The summed E-state index contributed by atoms with van der Waals surface area (Å²) in [6.07, 6.45) is -1.75. The SMILES string of the molecule is CC(C)(C)OC(=O)Oc1ccc(Br)cc1-c1nnc(-c2cc(Br)ccc2OC(=O)OC(C)(C)C)o1. The van der Waals surface area contributed by atoms with Crippen LogP contribution in [-0.4, -0.2) is 33.7 Å². The Morgan fingerprint density at radius 1 is 0.714 bits per heavy atom. The molecule has 0 amide bonds. The molecule has 0 aliphatic heterocycles. The summed E-state index contributed by atoms with van der Waals surface area (Å²) in [7, 11) is 0. The van der Waals surface area contributed by atoms with Gasteiger partial charge >= 0.3 is 12.3 Å². The Balaban J connectivity index is 1.94. The summed E-state index contributed by atoms with van der Waals surface area (Å²) < 4.78 is 28.5. The van der Waals surface area contributed by atoms with Gasteiger partial charge < -0.3 is 23.4 Å². The fourth-order valence-corrected chi connectivity index (χ4v) is 3.40. The quantitative estimate of drug-likeness (QED) is 0.218. The molecule has 0 spiro atoms. The van der Waals surface area contributed by atoms with Crippen molar-refractivity contribution in [2.45, 2.75) is 52.7 Å². The maximum absolute atomic E-state index is 12.2. The molecule has 11 heteroatoms. The molecule has 1 heterocycles. The van der Waals surface area contributed by atoms with Gasteiger partial charge in [-0.2, -0.15) is 0 Å². The van der Waals surface area contributed by atoms with Gasteiger partial charge in [0.25, 0.3) is 11.8 Å².